The lowest BCUT2D eigenvalue weighted by molar-refractivity contribution is 0.0449. The molecular formula is C19H25FN2O2. The summed E-state index contributed by atoms with van der Waals surface area (Å²) < 4.78 is 19.8. The normalized spacial score (nSPS) is 27.0. The Morgan fingerprint density at radius 2 is 2.12 bits per heavy atom. The standard InChI is InChI=1S/C19H25FN2O2/c20-16-10-15(9-14-1-5-22-17(14)16)18(23)19(4-6-21-12-19)11-13-2-7-24-8-3-13/h9-10,13,21-22H,1-8,11-12H2. The van der Waals surface area contributed by atoms with Gasteiger partial charge in [0.25, 0.3) is 0 Å². The van der Waals surface area contributed by atoms with E-state index in [1.807, 2.05) is 6.07 Å². The van der Waals surface area contributed by atoms with Crippen LogP contribution < -0.4 is 10.6 Å². The van der Waals surface area contributed by atoms with Gasteiger partial charge in [0, 0.05) is 37.3 Å². The van der Waals surface area contributed by atoms with Gasteiger partial charge in [0.1, 0.15) is 5.82 Å². The zero-order chi connectivity index (χ0) is 16.6. The monoisotopic (exact) mass is 332 g/mol. The van der Waals surface area contributed by atoms with E-state index in [1.165, 1.54) is 6.07 Å². The molecule has 3 aliphatic heterocycles. The van der Waals surface area contributed by atoms with E-state index in [1.54, 1.807) is 0 Å². The van der Waals surface area contributed by atoms with Crippen molar-refractivity contribution in [3.63, 3.8) is 0 Å². The van der Waals surface area contributed by atoms with Crippen molar-refractivity contribution in [1.82, 2.24) is 5.32 Å². The summed E-state index contributed by atoms with van der Waals surface area (Å²) in [6, 6.07) is 3.34. The summed E-state index contributed by atoms with van der Waals surface area (Å²) in [4.78, 5) is 13.3. The van der Waals surface area contributed by atoms with Crippen molar-refractivity contribution >= 4 is 11.5 Å². The van der Waals surface area contributed by atoms with E-state index < -0.39 is 0 Å². The Balaban J connectivity index is 1.61. The molecule has 0 radical (unpaired) electrons. The van der Waals surface area contributed by atoms with Crippen molar-refractivity contribution in [1.29, 1.82) is 0 Å². The van der Waals surface area contributed by atoms with Gasteiger partial charge in [-0.25, -0.2) is 4.39 Å². The van der Waals surface area contributed by atoms with Gasteiger partial charge in [-0.2, -0.15) is 0 Å². The number of Topliss-reactive ketones (excluding diaryl/α,β-unsaturated/α-hetero) is 1. The minimum Gasteiger partial charge on any atom is -0.382 e. The molecule has 2 fully saturated rings. The third kappa shape index (κ3) is 2.84. The summed E-state index contributed by atoms with van der Waals surface area (Å²) >= 11 is 0. The van der Waals surface area contributed by atoms with Gasteiger partial charge in [-0.3, -0.25) is 4.79 Å². The number of halogens is 1. The number of hydrogen-bond acceptors (Lipinski definition) is 4. The first-order valence-electron chi connectivity index (χ1n) is 9.07. The summed E-state index contributed by atoms with van der Waals surface area (Å²) in [6.45, 7) is 3.91. The van der Waals surface area contributed by atoms with Crippen LogP contribution in [-0.4, -0.2) is 38.6 Å². The molecule has 24 heavy (non-hydrogen) atoms. The number of benzene rings is 1. The van der Waals surface area contributed by atoms with Gasteiger partial charge in [0.2, 0.25) is 0 Å². The molecule has 0 amide bonds. The van der Waals surface area contributed by atoms with Crippen LogP contribution in [0.25, 0.3) is 0 Å². The van der Waals surface area contributed by atoms with Crippen molar-refractivity contribution < 1.29 is 13.9 Å². The highest BCUT2D eigenvalue weighted by molar-refractivity contribution is 6.01. The topological polar surface area (TPSA) is 50.4 Å². The summed E-state index contributed by atoms with van der Waals surface area (Å²) in [5, 5.41) is 6.43. The smallest absolute Gasteiger partial charge is 0.170 e. The van der Waals surface area contributed by atoms with Crippen molar-refractivity contribution in [2.45, 2.75) is 32.1 Å². The summed E-state index contributed by atoms with van der Waals surface area (Å²) in [5.74, 6) is 0.358. The summed E-state index contributed by atoms with van der Waals surface area (Å²) in [5.41, 5.74) is 1.68. The number of nitrogens with one attached hydrogen (secondary N) is 2. The molecule has 1 aromatic rings. The van der Waals surface area contributed by atoms with Crippen molar-refractivity contribution in [2.75, 3.05) is 38.2 Å². The van der Waals surface area contributed by atoms with Gasteiger partial charge < -0.3 is 15.4 Å². The average Bonchev–Trinajstić information content (AvgIpc) is 3.25. The summed E-state index contributed by atoms with van der Waals surface area (Å²) in [6.07, 6.45) is 4.58. The third-order valence-corrected chi connectivity index (χ3v) is 5.88. The van der Waals surface area contributed by atoms with Crippen LogP contribution in [0.15, 0.2) is 12.1 Å². The Labute approximate surface area is 142 Å². The fraction of sp³-hybridized carbons (Fsp3) is 0.632. The highest BCUT2D eigenvalue weighted by Crippen LogP contribution is 2.40. The largest absolute Gasteiger partial charge is 0.382 e. The molecule has 3 aliphatic rings. The molecule has 2 N–H and O–H groups in total. The zero-order valence-electron chi connectivity index (χ0n) is 14.0. The molecule has 4 nitrogen and oxygen atoms in total. The van der Waals surface area contributed by atoms with E-state index in [4.69, 9.17) is 4.74 Å². The highest BCUT2D eigenvalue weighted by atomic mass is 19.1. The van der Waals surface area contributed by atoms with Gasteiger partial charge in [0.05, 0.1) is 5.69 Å². The Morgan fingerprint density at radius 3 is 2.88 bits per heavy atom. The number of carbonyl (C=O) groups excluding carboxylic acids is 1. The van der Waals surface area contributed by atoms with Crippen LogP contribution in [-0.2, 0) is 11.2 Å². The Bertz CT molecular complexity index is 634. The van der Waals surface area contributed by atoms with E-state index in [-0.39, 0.29) is 17.0 Å². The molecule has 130 valence electrons. The maximum atomic E-state index is 14.3. The summed E-state index contributed by atoms with van der Waals surface area (Å²) in [7, 11) is 0. The predicted molar refractivity (Wildman–Crippen MR) is 91.0 cm³/mol. The minimum absolute atomic E-state index is 0.118. The lowest BCUT2D eigenvalue weighted by Crippen LogP contribution is -2.37. The van der Waals surface area contributed by atoms with E-state index in [2.05, 4.69) is 10.6 Å². The fourth-order valence-corrected chi connectivity index (χ4v) is 4.53. The molecule has 5 heteroatoms. The molecule has 0 aliphatic carbocycles. The average molecular weight is 332 g/mol. The third-order valence-electron chi connectivity index (χ3n) is 5.88. The fourth-order valence-electron chi connectivity index (χ4n) is 4.53. The molecule has 0 saturated carbocycles. The van der Waals surface area contributed by atoms with Crippen LogP contribution in [0.2, 0.25) is 0 Å². The number of rotatable bonds is 4. The van der Waals surface area contributed by atoms with Gasteiger partial charge in [0.15, 0.2) is 5.78 Å². The van der Waals surface area contributed by atoms with E-state index in [9.17, 15) is 9.18 Å². The van der Waals surface area contributed by atoms with Crippen molar-refractivity contribution in [3.8, 4) is 0 Å². The molecule has 1 atom stereocenters. The van der Waals surface area contributed by atoms with E-state index in [0.29, 0.717) is 23.7 Å². The Hall–Kier alpha value is -1.46. The first kappa shape index (κ1) is 16.0. The molecule has 1 aromatic carbocycles. The number of carbonyl (C=O) groups is 1. The second-order valence-electron chi connectivity index (χ2n) is 7.47. The van der Waals surface area contributed by atoms with Gasteiger partial charge in [-0.15, -0.1) is 0 Å². The van der Waals surface area contributed by atoms with Crippen molar-refractivity contribution in [3.05, 3.63) is 29.1 Å². The number of ether oxygens (including phenoxy) is 1. The molecule has 0 spiro atoms. The zero-order valence-corrected chi connectivity index (χ0v) is 14.0. The van der Waals surface area contributed by atoms with Gasteiger partial charge in [-0.05, 0) is 62.3 Å². The van der Waals surface area contributed by atoms with Crippen LogP contribution in [0.4, 0.5) is 10.1 Å². The highest BCUT2D eigenvalue weighted by Gasteiger charge is 2.43. The maximum absolute atomic E-state index is 14.3. The van der Waals surface area contributed by atoms with Crippen LogP contribution in [0.3, 0.4) is 0 Å². The minimum atomic E-state index is -0.380. The molecule has 0 aromatic heterocycles. The van der Waals surface area contributed by atoms with E-state index in [0.717, 1.165) is 64.0 Å². The SMILES string of the molecule is O=C(c1cc(F)c2c(c1)CCN2)C1(CC2CCOCC2)CCNC1. The Morgan fingerprint density at radius 1 is 1.29 bits per heavy atom. The number of fused-ring (bicyclic) bond motifs is 1. The molecular weight excluding hydrogens is 307 g/mol. The first-order valence-corrected chi connectivity index (χ1v) is 9.07. The second-order valence-corrected chi connectivity index (χ2v) is 7.47. The number of anilines is 1. The van der Waals surface area contributed by atoms with Crippen LogP contribution in [0.5, 0.6) is 0 Å². The van der Waals surface area contributed by atoms with E-state index >= 15 is 0 Å². The second kappa shape index (κ2) is 6.45. The Kier molecular flexibility index (Phi) is 4.31. The number of ketones is 1. The molecule has 3 heterocycles. The van der Waals surface area contributed by atoms with Crippen molar-refractivity contribution in [2.24, 2.45) is 11.3 Å². The quantitative estimate of drug-likeness (QED) is 0.833. The lowest BCUT2D eigenvalue weighted by Gasteiger charge is -2.33. The first-order chi connectivity index (χ1) is 11.7. The number of hydrogen-bond donors (Lipinski definition) is 2. The maximum Gasteiger partial charge on any atom is 0.170 e. The lowest BCUT2D eigenvalue weighted by atomic mass is 9.71. The predicted octanol–water partition coefficient (Wildman–Crippen LogP) is 2.77. The van der Waals surface area contributed by atoms with Crippen LogP contribution in [0.1, 0.15) is 41.6 Å². The van der Waals surface area contributed by atoms with Crippen LogP contribution in [0, 0.1) is 17.2 Å². The molecule has 4 rings (SSSR count). The molecule has 2 saturated heterocycles. The van der Waals surface area contributed by atoms with Gasteiger partial charge in [-0.1, -0.05) is 0 Å². The van der Waals surface area contributed by atoms with Crippen LogP contribution >= 0.6 is 0 Å². The van der Waals surface area contributed by atoms with Gasteiger partial charge >= 0.3 is 0 Å². The molecule has 1 unspecified atom stereocenters. The molecule has 0 bridgehead atoms.